The van der Waals surface area contributed by atoms with Crippen LogP contribution in [0.2, 0.25) is 0 Å². The SMILES string of the molecule is CCNc1cc(C(=O)N[C@@H](Cc2ccccc2)[C@H](O)CNCc2cc(C)cc(S(C)(=O)=O)c2)cc(N2CCCCS2(O)O)c1. The Bertz CT molecular complexity index is 1530. The van der Waals surface area contributed by atoms with Crippen LogP contribution in [0.3, 0.4) is 0 Å². The summed E-state index contributed by atoms with van der Waals surface area (Å²) >= 11 is 0. The Hall–Kier alpha value is -3.13. The van der Waals surface area contributed by atoms with Crippen molar-refractivity contribution in [3.63, 3.8) is 0 Å². The van der Waals surface area contributed by atoms with Gasteiger partial charge in [0.05, 0.1) is 28.5 Å². The van der Waals surface area contributed by atoms with E-state index in [-0.39, 0.29) is 17.2 Å². The zero-order valence-electron chi connectivity index (χ0n) is 25.5. The topological polar surface area (TPSA) is 151 Å². The standard InChI is InChI=1S/C32H44N4O6S2/c1-4-34-27-18-26(19-28(20-27)36-12-8-9-13-44(36,41)42)32(38)35-30(17-24-10-6-5-7-11-24)31(37)22-33-21-25-14-23(2)15-29(16-25)43(3,39)40/h5-7,10-11,14-16,18-20,30-31,33-34,37,41-42H,4,8-9,12-13,17,21-22H2,1-3H3,(H,35,38)/t30-,31+/m0/s1. The van der Waals surface area contributed by atoms with Gasteiger partial charge in [-0.05, 0) is 80.1 Å². The quantitative estimate of drug-likeness (QED) is 0.157. The van der Waals surface area contributed by atoms with Crippen LogP contribution in [0.4, 0.5) is 11.4 Å². The first-order valence-electron chi connectivity index (χ1n) is 14.8. The lowest BCUT2D eigenvalue weighted by Crippen LogP contribution is -2.48. The molecule has 0 spiro atoms. The van der Waals surface area contributed by atoms with Gasteiger partial charge in [0.15, 0.2) is 9.84 Å². The average Bonchev–Trinajstić information content (AvgIpc) is 2.96. The van der Waals surface area contributed by atoms with Crippen molar-refractivity contribution in [3.8, 4) is 0 Å². The number of benzene rings is 3. The van der Waals surface area contributed by atoms with Gasteiger partial charge in [0, 0.05) is 43.7 Å². The molecule has 1 fully saturated rings. The first-order valence-corrected chi connectivity index (χ1v) is 18.4. The lowest BCUT2D eigenvalue weighted by Gasteiger charge is -2.47. The third-order valence-electron chi connectivity index (χ3n) is 7.53. The summed E-state index contributed by atoms with van der Waals surface area (Å²) in [5, 5.41) is 20.7. The number of aryl methyl sites for hydroxylation is 1. The largest absolute Gasteiger partial charge is 0.390 e. The number of hydrogen-bond donors (Lipinski definition) is 6. The lowest BCUT2D eigenvalue weighted by atomic mass is 10.00. The second kappa shape index (κ2) is 14.8. The average molecular weight is 645 g/mol. The summed E-state index contributed by atoms with van der Waals surface area (Å²) in [6.07, 6.45) is 2.14. The minimum absolute atomic E-state index is 0.150. The van der Waals surface area contributed by atoms with Gasteiger partial charge in [0.2, 0.25) is 0 Å². The number of carbonyl (C=O) groups excluding carboxylic acids is 1. The van der Waals surface area contributed by atoms with Crippen molar-refractivity contribution in [2.24, 2.45) is 0 Å². The van der Waals surface area contributed by atoms with E-state index in [1.165, 1.54) is 6.26 Å². The van der Waals surface area contributed by atoms with Gasteiger partial charge < -0.3 is 21.1 Å². The fraction of sp³-hybridized carbons (Fsp3) is 0.406. The number of hydrogen-bond acceptors (Lipinski definition) is 9. The summed E-state index contributed by atoms with van der Waals surface area (Å²) in [5.41, 5.74) is 4.12. The maximum atomic E-state index is 13.7. The van der Waals surface area contributed by atoms with Crippen molar-refractivity contribution < 1.29 is 27.4 Å². The number of aliphatic hydroxyl groups excluding tert-OH is 1. The molecule has 1 amide bonds. The van der Waals surface area contributed by atoms with E-state index >= 15 is 0 Å². The van der Waals surface area contributed by atoms with Gasteiger partial charge in [0.1, 0.15) is 0 Å². The molecule has 6 N–H and O–H groups in total. The van der Waals surface area contributed by atoms with E-state index in [0.29, 0.717) is 43.0 Å². The van der Waals surface area contributed by atoms with Gasteiger partial charge >= 0.3 is 0 Å². The fourth-order valence-corrected chi connectivity index (χ4v) is 7.79. The predicted octanol–water partition coefficient (Wildman–Crippen LogP) is 4.59. The van der Waals surface area contributed by atoms with Gasteiger partial charge in [-0.25, -0.2) is 8.42 Å². The van der Waals surface area contributed by atoms with Crippen LogP contribution in [0, 0.1) is 6.92 Å². The van der Waals surface area contributed by atoms with Crippen molar-refractivity contribution in [1.29, 1.82) is 0 Å². The van der Waals surface area contributed by atoms with Crippen LogP contribution in [-0.4, -0.2) is 72.3 Å². The second-order valence-electron chi connectivity index (χ2n) is 11.3. The molecular formula is C32H44N4O6S2. The van der Waals surface area contributed by atoms with E-state index < -0.39 is 38.7 Å². The minimum atomic E-state index is -3.36. The molecule has 0 bridgehead atoms. The summed E-state index contributed by atoms with van der Waals surface area (Å²) in [5.74, 6) is -0.105. The number of carbonyl (C=O) groups is 1. The van der Waals surface area contributed by atoms with Crippen molar-refractivity contribution in [2.45, 2.75) is 56.7 Å². The Morgan fingerprint density at radius 2 is 1.77 bits per heavy atom. The Labute approximate surface area is 262 Å². The Balaban J connectivity index is 1.53. The Morgan fingerprint density at radius 3 is 2.45 bits per heavy atom. The third kappa shape index (κ3) is 9.19. The van der Waals surface area contributed by atoms with E-state index in [1.54, 1.807) is 28.6 Å². The van der Waals surface area contributed by atoms with Crippen LogP contribution >= 0.6 is 10.8 Å². The summed E-state index contributed by atoms with van der Waals surface area (Å²) in [6, 6.07) is 19.3. The molecule has 3 aromatic carbocycles. The highest BCUT2D eigenvalue weighted by atomic mass is 32.3. The van der Waals surface area contributed by atoms with E-state index in [2.05, 4.69) is 16.0 Å². The van der Waals surface area contributed by atoms with Crippen molar-refractivity contribution in [3.05, 3.63) is 89.0 Å². The molecule has 44 heavy (non-hydrogen) atoms. The van der Waals surface area contributed by atoms with E-state index in [0.717, 1.165) is 29.5 Å². The Morgan fingerprint density at radius 1 is 1.02 bits per heavy atom. The molecule has 10 nitrogen and oxygen atoms in total. The van der Waals surface area contributed by atoms with E-state index in [9.17, 15) is 27.4 Å². The van der Waals surface area contributed by atoms with Gasteiger partial charge in [-0.1, -0.05) is 36.4 Å². The van der Waals surface area contributed by atoms with Crippen LogP contribution in [0.1, 0.15) is 46.8 Å². The molecule has 1 heterocycles. The first kappa shape index (κ1) is 33.8. The zero-order valence-corrected chi connectivity index (χ0v) is 27.1. The molecule has 0 aromatic heterocycles. The summed E-state index contributed by atoms with van der Waals surface area (Å²) in [4.78, 5) is 13.9. The summed E-state index contributed by atoms with van der Waals surface area (Å²) < 4.78 is 47.2. The first-order chi connectivity index (χ1) is 20.9. The molecule has 0 radical (unpaired) electrons. The number of rotatable bonds is 13. The predicted molar refractivity (Wildman–Crippen MR) is 178 cm³/mol. The van der Waals surface area contributed by atoms with Gasteiger partial charge in [-0.2, -0.15) is 0 Å². The van der Waals surface area contributed by atoms with Crippen LogP contribution in [0.25, 0.3) is 0 Å². The van der Waals surface area contributed by atoms with Crippen molar-refractivity contribution in [1.82, 2.24) is 10.6 Å². The maximum absolute atomic E-state index is 13.7. The number of nitrogens with zero attached hydrogens (tertiary/aromatic N) is 1. The van der Waals surface area contributed by atoms with Crippen LogP contribution < -0.4 is 20.3 Å². The van der Waals surface area contributed by atoms with Gasteiger partial charge in [-0.15, -0.1) is 10.8 Å². The van der Waals surface area contributed by atoms with E-state index in [4.69, 9.17) is 0 Å². The second-order valence-corrected chi connectivity index (χ2v) is 15.5. The molecule has 2 atom stereocenters. The number of anilines is 2. The molecule has 0 saturated carbocycles. The molecule has 1 saturated heterocycles. The highest BCUT2D eigenvalue weighted by molar-refractivity contribution is 8.25. The molecule has 4 rings (SSSR count). The summed E-state index contributed by atoms with van der Waals surface area (Å²) in [7, 11) is -6.34. The maximum Gasteiger partial charge on any atom is 0.251 e. The monoisotopic (exact) mass is 644 g/mol. The highest BCUT2D eigenvalue weighted by Crippen LogP contribution is 2.50. The molecular weight excluding hydrogens is 601 g/mol. The third-order valence-corrected chi connectivity index (χ3v) is 10.6. The number of sulfone groups is 1. The smallest absolute Gasteiger partial charge is 0.251 e. The van der Waals surface area contributed by atoms with Gasteiger partial charge in [-0.3, -0.25) is 18.2 Å². The molecule has 1 aliphatic heterocycles. The van der Waals surface area contributed by atoms with Crippen LogP contribution in [0.15, 0.2) is 71.6 Å². The van der Waals surface area contributed by atoms with E-state index in [1.807, 2.05) is 56.3 Å². The number of aliphatic hydroxyl groups is 1. The molecule has 3 aromatic rings. The Kier molecular flexibility index (Phi) is 11.3. The highest BCUT2D eigenvalue weighted by Gasteiger charge is 2.28. The molecule has 12 heteroatoms. The lowest BCUT2D eigenvalue weighted by molar-refractivity contribution is 0.0830. The van der Waals surface area contributed by atoms with Crippen LogP contribution in [-0.2, 0) is 22.8 Å². The van der Waals surface area contributed by atoms with Gasteiger partial charge in [0.25, 0.3) is 5.91 Å². The summed E-state index contributed by atoms with van der Waals surface area (Å²) in [6.45, 7) is 5.36. The molecule has 0 unspecified atom stereocenters. The number of nitrogens with one attached hydrogen (secondary N) is 3. The van der Waals surface area contributed by atoms with Crippen molar-refractivity contribution in [2.75, 3.05) is 41.3 Å². The number of amides is 1. The molecule has 0 aliphatic carbocycles. The van der Waals surface area contributed by atoms with Crippen LogP contribution in [0.5, 0.6) is 0 Å². The fourth-order valence-electron chi connectivity index (χ4n) is 5.35. The van der Waals surface area contributed by atoms with Crippen molar-refractivity contribution >= 4 is 37.9 Å². The molecule has 240 valence electrons. The molecule has 1 aliphatic rings. The normalized spacial score (nSPS) is 17.0. The zero-order chi connectivity index (χ0) is 31.9. The minimum Gasteiger partial charge on any atom is -0.390 e.